The maximum atomic E-state index is 11.9. The molecule has 2 amide bonds. The summed E-state index contributed by atoms with van der Waals surface area (Å²) in [7, 11) is 1.60. The van der Waals surface area contributed by atoms with Crippen molar-refractivity contribution < 1.29 is 9.53 Å². The van der Waals surface area contributed by atoms with Crippen LogP contribution in [0, 0.1) is 0 Å². The zero-order chi connectivity index (χ0) is 15.9. The maximum Gasteiger partial charge on any atom is 0.323 e. The van der Waals surface area contributed by atoms with Crippen LogP contribution in [0.1, 0.15) is 12.5 Å². The molecule has 0 fully saturated rings. The third kappa shape index (κ3) is 5.00. The van der Waals surface area contributed by atoms with Crippen molar-refractivity contribution in [3.05, 3.63) is 54.1 Å². The molecule has 0 bridgehead atoms. The van der Waals surface area contributed by atoms with E-state index in [4.69, 9.17) is 4.74 Å². The lowest BCUT2D eigenvalue weighted by molar-refractivity contribution is 0.262. The second kappa shape index (κ2) is 7.75. The average molecular weight is 316 g/mol. The van der Waals surface area contributed by atoms with Gasteiger partial charge in [-0.25, -0.2) is 4.79 Å². The van der Waals surface area contributed by atoms with E-state index in [1.807, 2.05) is 24.3 Å². The number of anilines is 2. The summed E-state index contributed by atoms with van der Waals surface area (Å²) in [6, 6.07) is 14.7. The zero-order valence-corrected chi connectivity index (χ0v) is 13.6. The molecule has 0 aliphatic heterocycles. The molecule has 4 nitrogen and oxygen atoms in total. The Morgan fingerprint density at radius 1 is 1.05 bits per heavy atom. The standard InChI is InChI=1S/C17H20N2O2S/c1-12(22)11-13-3-5-14(6-4-13)18-17(20)19-15-7-9-16(21-2)10-8-15/h3-10,12,22H,11H2,1-2H3,(H2,18,19,20). The molecule has 1 atom stereocenters. The van der Waals surface area contributed by atoms with Crippen molar-refractivity contribution >= 4 is 30.0 Å². The number of hydrogen-bond acceptors (Lipinski definition) is 3. The van der Waals surface area contributed by atoms with Crippen LogP contribution in [-0.2, 0) is 6.42 Å². The number of rotatable bonds is 5. The summed E-state index contributed by atoms with van der Waals surface area (Å²) < 4.78 is 5.07. The van der Waals surface area contributed by atoms with Gasteiger partial charge in [0.05, 0.1) is 7.11 Å². The minimum absolute atomic E-state index is 0.277. The molecule has 2 N–H and O–H groups in total. The van der Waals surface area contributed by atoms with Crippen LogP contribution in [-0.4, -0.2) is 18.4 Å². The molecule has 0 aliphatic rings. The van der Waals surface area contributed by atoms with E-state index in [1.54, 1.807) is 31.4 Å². The van der Waals surface area contributed by atoms with Gasteiger partial charge in [-0.2, -0.15) is 12.6 Å². The summed E-state index contributed by atoms with van der Waals surface area (Å²) >= 11 is 4.37. The lowest BCUT2D eigenvalue weighted by Gasteiger charge is -2.09. The van der Waals surface area contributed by atoms with Crippen LogP contribution >= 0.6 is 12.6 Å². The van der Waals surface area contributed by atoms with Gasteiger partial charge < -0.3 is 15.4 Å². The highest BCUT2D eigenvalue weighted by molar-refractivity contribution is 7.80. The zero-order valence-electron chi connectivity index (χ0n) is 12.7. The van der Waals surface area contributed by atoms with E-state index in [0.717, 1.165) is 17.9 Å². The lowest BCUT2D eigenvalue weighted by atomic mass is 10.1. The predicted octanol–water partition coefficient (Wildman–Crippen LogP) is 4.20. The first-order valence-electron chi connectivity index (χ1n) is 7.06. The third-order valence-corrected chi connectivity index (χ3v) is 3.27. The topological polar surface area (TPSA) is 50.4 Å². The fourth-order valence-corrected chi connectivity index (χ4v) is 2.24. The molecule has 0 aliphatic carbocycles. The number of carbonyl (C=O) groups excluding carboxylic acids is 1. The second-order valence-corrected chi connectivity index (χ2v) is 5.94. The smallest absolute Gasteiger partial charge is 0.323 e. The first-order valence-corrected chi connectivity index (χ1v) is 7.57. The molecule has 0 radical (unpaired) electrons. The van der Waals surface area contributed by atoms with E-state index in [2.05, 4.69) is 30.2 Å². The highest BCUT2D eigenvalue weighted by Crippen LogP contribution is 2.16. The number of thiol groups is 1. The minimum atomic E-state index is -0.277. The van der Waals surface area contributed by atoms with E-state index in [1.165, 1.54) is 5.56 Å². The molecule has 1 unspecified atom stereocenters. The molecule has 2 aromatic carbocycles. The number of hydrogen-bond donors (Lipinski definition) is 3. The third-order valence-electron chi connectivity index (χ3n) is 3.09. The van der Waals surface area contributed by atoms with Gasteiger partial charge in [0.25, 0.3) is 0 Å². The normalized spacial score (nSPS) is 11.6. The van der Waals surface area contributed by atoms with Gasteiger partial charge in [-0.05, 0) is 48.4 Å². The van der Waals surface area contributed by atoms with Gasteiger partial charge in [-0.15, -0.1) is 0 Å². The number of nitrogens with one attached hydrogen (secondary N) is 2. The molecule has 0 heterocycles. The predicted molar refractivity (Wildman–Crippen MR) is 94.2 cm³/mol. The van der Waals surface area contributed by atoms with Crippen molar-refractivity contribution in [2.24, 2.45) is 0 Å². The number of benzene rings is 2. The van der Waals surface area contributed by atoms with Gasteiger partial charge in [-0.3, -0.25) is 0 Å². The van der Waals surface area contributed by atoms with Crippen LogP contribution in [0.4, 0.5) is 16.2 Å². The Morgan fingerprint density at radius 2 is 1.55 bits per heavy atom. The Morgan fingerprint density at radius 3 is 2.00 bits per heavy atom. The molecule has 0 aromatic heterocycles. The van der Waals surface area contributed by atoms with E-state index >= 15 is 0 Å². The molecule has 0 spiro atoms. The van der Waals surface area contributed by atoms with Crippen LogP contribution in [0.25, 0.3) is 0 Å². The van der Waals surface area contributed by atoms with Crippen LogP contribution in [0.3, 0.4) is 0 Å². The number of ether oxygens (including phenoxy) is 1. The molecule has 116 valence electrons. The lowest BCUT2D eigenvalue weighted by Crippen LogP contribution is -2.19. The Balaban J connectivity index is 1.90. The van der Waals surface area contributed by atoms with Crippen molar-refractivity contribution in [3.63, 3.8) is 0 Å². The molecular weight excluding hydrogens is 296 g/mol. The van der Waals surface area contributed by atoms with E-state index < -0.39 is 0 Å². The molecule has 0 saturated heterocycles. The van der Waals surface area contributed by atoms with Gasteiger partial charge in [-0.1, -0.05) is 19.1 Å². The van der Waals surface area contributed by atoms with Gasteiger partial charge in [0, 0.05) is 16.6 Å². The molecule has 22 heavy (non-hydrogen) atoms. The monoisotopic (exact) mass is 316 g/mol. The SMILES string of the molecule is COc1ccc(NC(=O)Nc2ccc(CC(C)S)cc2)cc1. The van der Waals surface area contributed by atoms with Gasteiger partial charge in [0.1, 0.15) is 5.75 Å². The van der Waals surface area contributed by atoms with Crippen molar-refractivity contribution in [1.82, 2.24) is 0 Å². The van der Waals surface area contributed by atoms with E-state index in [9.17, 15) is 4.79 Å². The number of methoxy groups -OCH3 is 1. The molecule has 5 heteroatoms. The van der Waals surface area contributed by atoms with Crippen LogP contribution < -0.4 is 15.4 Å². The van der Waals surface area contributed by atoms with Crippen molar-refractivity contribution in [2.45, 2.75) is 18.6 Å². The average Bonchev–Trinajstić information content (AvgIpc) is 2.49. The Hall–Kier alpha value is -2.14. The summed E-state index contributed by atoms with van der Waals surface area (Å²) in [6.45, 7) is 2.05. The van der Waals surface area contributed by atoms with Crippen molar-refractivity contribution in [3.8, 4) is 5.75 Å². The number of amides is 2. The second-order valence-electron chi connectivity index (χ2n) is 5.06. The fourth-order valence-electron chi connectivity index (χ4n) is 2.03. The van der Waals surface area contributed by atoms with E-state index in [-0.39, 0.29) is 6.03 Å². The molecular formula is C17H20N2O2S. The highest BCUT2D eigenvalue weighted by Gasteiger charge is 2.04. The van der Waals surface area contributed by atoms with Crippen LogP contribution in [0.5, 0.6) is 5.75 Å². The van der Waals surface area contributed by atoms with Crippen molar-refractivity contribution in [2.75, 3.05) is 17.7 Å². The highest BCUT2D eigenvalue weighted by atomic mass is 32.1. The van der Waals surface area contributed by atoms with Gasteiger partial charge in [0.15, 0.2) is 0 Å². The van der Waals surface area contributed by atoms with Crippen molar-refractivity contribution in [1.29, 1.82) is 0 Å². The largest absolute Gasteiger partial charge is 0.497 e. The first-order chi connectivity index (χ1) is 10.6. The van der Waals surface area contributed by atoms with Gasteiger partial charge in [0.2, 0.25) is 0 Å². The van der Waals surface area contributed by atoms with Crippen LogP contribution in [0.15, 0.2) is 48.5 Å². The van der Waals surface area contributed by atoms with E-state index in [0.29, 0.717) is 10.9 Å². The quantitative estimate of drug-likeness (QED) is 0.724. The summed E-state index contributed by atoms with van der Waals surface area (Å²) in [6.07, 6.45) is 0.904. The first kappa shape index (κ1) is 16.2. The molecule has 2 rings (SSSR count). The summed E-state index contributed by atoms with van der Waals surface area (Å²) in [5.41, 5.74) is 2.66. The Bertz CT molecular complexity index is 610. The Labute approximate surface area is 136 Å². The van der Waals surface area contributed by atoms with Crippen LogP contribution in [0.2, 0.25) is 0 Å². The Kier molecular flexibility index (Phi) is 5.72. The number of carbonyl (C=O) groups is 1. The summed E-state index contributed by atoms with van der Waals surface area (Å²) in [4.78, 5) is 11.9. The van der Waals surface area contributed by atoms with Gasteiger partial charge >= 0.3 is 6.03 Å². The molecule has 2 aromatic rings. The number of urea groups is 1. The summed E-state index contributed by atoms with van der Waals surface area (Å²) in [5.74, 6) is 0.750. The minimum Gasteiger partial charge on any atom is -0.497 e. The maximum absolute atomic E-state index is 11.9. The summed E-state index contributed by atoms with van der Waals surface area (Å²) in [5, 5.41) is 5.89. The fraction of sp³-hybridized carbons (Fsp3) is 0.235. The molecule has 0 saturated carbocycles.